The molecule has 3 rings (SSSR count). The van der Waals surface area contributed by atoms with Gasteiger partial charge in [-0.2, -0.15) is 0 Å². The number of rotatable bonds is 3. The Hall–Kier alpha value is -1.85. The van der Waals surface area contributed by atoms with Crippen molar-refractivity contribution < 1.29 is 8.78 Å². The summed E-state index contributed by atoms with van der Waals surface area (Å²) >= 11 is 0. The van der Waals surface area contributed by atoms with Gasteiger partial charge in [0.25, 0.3) is 0 Å². The summed E-state index contributed by atoms with van der Waals surface area (Å²) in [5, 5.41) is 0. The molecule has 0 saturated carbocycles. The van der Waals surface area contributed by atoms with Crippen molar-refractivity contribution in [2.75, 3.05) is 33.2 Å². The first-order chi connectivity index (χ1) is 10.6. The van der Waals surface area contributed by atoms with E-state index in [1.165, 1.54) is 6.07 Å². The van der Waals surface area contributed by atoms with E-state index in [1.807, 2.05) is 6.07 Å². The number of aromatic nitrogens is 1. The van der Waals surface area contributed by atoms with Gasteiger partial charge in [0.15, 0.2) is 0 Å². The number of likely N-dealkylation sites (N-methyl/N-ethyl adjacent to an activating group) is 1. The third-order valence-corrected chi connectivity index (χ3v) is 4.04. The van der Waals surface area contributed by atoms with Crippen LogP contribution in [0.15, 0.2) is 36.7 Å². The lowest BCUT2D eigenvalue weighted by Gasteiger charge is -2.32. The van der Waals surface area contributed by atoms with Crippen molar-refractivity contribution in [2.24, 2.45) is 0 Å². The summed E-state index contributed by atoms with van der Waals surface area (Å²) in [5.74, 6) is -0.874. The van der Waals surface area contributed by atoms with E-state index in [1.54, 1.807) is 12.4 Å². The van der Waals surface area contributed by atoms with Gasteiger partial charge in [-0.15, -0.1) is 0 Å². The highest BCUT2D eigenvalue weighted by atomic mass is 19.1. The summed E-state index contributed by atoms with van der Waals surface area (Å²) in [6.07, 6.45) is 3.37. The topological polar surface area (TPSA) is 19.4 Å². The first-order valence-electron chi connectivity index (χ1n) is 7.42. The summed E-state index contributed by atoms with van der Waals surface area (Å²) in [4.78, 5) is 8.83. The number of halogens is 2. The van der Waals surface area contributed by atoms with Gasteiger partial charge in [0.2, 0.25) is 0 Å². The standard InChI is InChI=1S/C17H19F2N3/c1-21-4-6-22(7-5-21)12-13-8-14(11-20-10-13)16-9-15(18)2-3-17(16)19/h2-3,8-11H,4-7,12H2,1H3. The van der Waals surface area contributed by atoms with Crippen LogP contribution in [0.2, 0.25) is 0 Å². The Labute approximate surface area is 129 Å². The predicted molar refractivity (Wildman–Crippen MR) is 82.4 cm³/mol. The van der Waals surface area contributed by atoms with Crippen LogP contribution in [-0.2, 0) is 6.54 Å². The second-order valence-corrected chi connectivity index (χ2v) is 5.79. The molecule has 116 valence electrons. The first-order valence-corrected chi connectivity index (χ1v) is 7.42. The number of hydrogen-bond acceptors (Lipinski definition) is 3. The Kier molecular flexibility index (Phi) is 4.45. The van der Waals surface area contributed by atoms with Crippen molar-refractivity contribution in [1.82, 2.24) is 14.8 Å². The quantitative estimate of drug-likeness (QED) is 0.869. The van der Waals surface area contributed by atoms with Gasteiger partial charge in [-0.25, -0.2) is 8.78 Å². The third-order valence-electron chi connectivity index (χ3n) is 4.04. The Bertz CT molecular complexity index is 652. The van der Waals surface area contributed by atoms with Crippen molar-refractivity contribution in [1.29, 1.82) is 0 Å². The Morgan fingerprint density at radius 2 is 1.82 bits per heavy atom. The van der Waals surface area contributed by atoms with E-state index in [0.29, 0.717) is 5.56 Å². The SMILES string of the molecule is CN1CCN(Cc2cncc(-c3cc(F)ccc3F)c2)CC1. The molecule has 1 aromatic carbocycles. The number of piperazine rings is 1. The Morgan fingerprint density at radius 1 is 1.05 bits per heavy atom. The third kappa shape index (κ3) is 3.48. The van der Waals surface area contributed by atoms with E-state index in [9.17, 15) is 8.78 Å². The normalized spacial score (nSPS) is 16.9. The van der Waals surface area contributed by atoms with Crippen LogP contribution in [0.4, 0.5) is 8.78 Å². The fourth-order valence-corrected chi connectivity index (χ4v) is 2.70. The molecule has 0 spiro atoms. The van der Waals surface area contributed by atoms with Gasteiger partial charge in [-0.1, -0.05) is 0 Å². The summed E-state index contributed by atoms with van der Waals surface area (Å²) in [6.45, 7) is 4.90. The second kappa shape index (κ2) is 6.50. The summed E-state index contributed by atoms with van der Waals surface area (Å²) in [7, 11) is 2.12. The fraction of sp³-hybridized carbons (Fsp3) is 0.353. The van der Waals surface area contributed by atoms with Crippen LogP contribution in [0.25, 0.3) is 11.1 Å². The van der Waals surface area contributed by atoms with Gasteiger partial charge >= 0.3 is 0 Å². The van der Waals surface area contributed by atoms with Crippen molar-refractivity contribution in [2.45, 2.75) is 6.54 Å². The van der Waals surface area contributed by atoms with Crippen molar-refractivity contribution in [3.05, 3.63) is 53.9 Å². The minimum absolute atomic E-state index is 0.257. The van der Waals surface area contributed by atoms with Gasteiger partial charge in [0, 0.05) is 56.2 Å². The lowest BCUT2D eigenvalue weighted by Crippen LogP contribution is -2.43. The molecular formula is C17H19F2N3. The highest BCUT2D eigenvalue weighted by molar-refractivity contribution is 5.63. The van der Waals surface area contributed by atoms with E-state index in [2.05, 4.69) is 21.8 Å². The van der Waals surface area contributed by atoms with Crippen LogP contribution in [0.1, 0.15) is 5.56 Å². The van der Waals surface area contributed by atoms with E-state index in [4.69, 9.17) is 0 Å². The van der Waals surface area contributed by atoms with Crippen LogP contribution in [0, 0.1) is 11.6 Å². The van der Waals surface area contributed by atoms with Crippen molar-refractivity contribution in [3.63, 3.8) is 0 Å². The Balaban J connectivity index is 1.79. The van der Waals surface area contributed by atoms with Crippen LogP contribution < -0.4 is 0 Å². The molecule has 1 aliphatic rings. The molecular weight excluding hydrogens is 284 g/mol. The molecule has 1 fully saturated rings. The zero-order valence-electron chi connectivity index (χ0n) is 12.6. The fourth-order valence-electron chi connectivity index (χ4n) is 2.70. The van der Waals surface area contributed by atoms with E-state index >= 15 is 0 Å². The highest BCUT2D eigenvalue weighted by Crippen LogP contribution is 2.24. The molecule has 2 aromatic rings. The molecule has 1 aliphatic heterocycles. The van der Waals surface area contributed by atoms with Crippen LogP contribution in [0.3, 0.4) is 0 Å². The number of pyridine rings is 1. The van der Waals surface area contributed by atoms with Gasteiger partial charge in [0.05, 0.1) is 0 Å². The summed E-state index contributed by atoms with van der Waals surface area (Å²) in [5.41, 5.74) is 1.89. The van der Waals surface area contributed by atoms with Gasteiger partial charge < -0.3 is 4.90 Å². The lowest BCUT2D eigenvalue weighted by atomic mass is 10.0. The maximum absolute atomic E-state index is 13.9. The molecule has 22 heavy (non-hydrogen) atoms. The molecule has 1 saturated heterocycles. The molecule has 0 amide bonds. The molecule has 1 aromatic heterocycles. The molecule has 0 unspecified atom stereocenters. The Morgan fingerprint density at radius 3 is 2.59 bits per heavy atom. The lowest BCUT2D eigenvalue weighted by molar-refractivity contribution is 0.148. The first kappa shape index (κ1) is 15.1. The maximum atomic E-state index is 13.9. The van der Waals surface area contributed by atoms with Crippen LogP contribution >= 0.6 is 0 Å². The van der Waals surface area contributed by atoms with E-state index in [-0.39, 0.29) is 5.56 Å². The zero-order valence-corrected chi connectivity index (χ0v) is 12.6. The smallest absolute Gasteiger partial charge is 0.131 e. The van der Waals surface area contributed by atoms with E-state index < -0.39 is 11.6 Å². The molecule has 3 nitrogen and oxygen atoms in total. The van der Waals surface area contributed by atoms with Crippen LogP contribution in [0.5, 0.6) is 0 Å². The zero-order chi connectivity index (χ0) is 15.5. The molecule has 0 aliphatic carbocycles. The molecule has 0 N–H and O–H groups in total. The largest absolute Gasteiger partial charge is 0.304 e. The average molecular weight is 303 g/mol. The number of benzene rings is 1. The highest BCUT2D eigenvalue weighted by Gasteiger charge is 2.14. The molecule has 0 atom stereocenters. The maximum Gasteiger partial charge on any atom is 0.131 e. The number of hydrogen-bond donors (Lipinski definition) is 0. The van der Waals surface area contributed by atoms with E-state index in [0.717, 1.165) is 50.4 Å². The summed E-state index contributed by atoms with van der Waals surface area (Å²) < 4.78 is 27.2. The monoisotopic (exact) mass is 303 g/mol. The van der Waals surface area contributed by atoms with Gasteiger partial charge in [0.1, 0.15) is 11.6 Å². The number of nitrogens with zero attached hydrogens (tertiary/aromatic N) is 3. The average Bonchev–Trinajstić information content (AvgIpc) is 2.52. The van der Waals surface area contributed by atoms with Crippen LogP contribution in [-0.4, -0.2) is 48.0 Å². The minimum Gasteiger partial charge on any atom is -0.304 e. The van der Waals surface area contributed by atoms with Gasteiger partial charge in [-0.05, 0) is 36.9 Å². The second-order valence-electron chi connectivity index (χ2n) is 5.79. The minimum atomic E-state index is -0.444. The molecule has 2 heterocycles. The predicted octanol–water partition coefficient (Wildman–Crippen LogP) is 2.77. The molecule has 0 bridgehead atoms. The molecule has 0 radical (unpaired) electrons. The van der Waals surface area contributed by atoms with Crippen molar-refractivity contribution in [3.8, 4) is 11.1 Å². The van der Waals surface area contributed by atoms with Gasteiger partial charge in [-0.3, -0.25) is 9.88 Å². The van der Waals surface area contributed by atoms with Crippen molar-refractivity contribution >= 4 is 0 Å². The summed E-state index contributed by atoms with van der Waals surface area (Å²) in [6, 6.07) is 5.38. The molecule has 5 heteroatoms.